The van der Waals surface area contributed by atoms with E-state index in [0.29, 0.717) is 11.8 Å². The Bertz CT molecular complexity index is 348. The minimum atomic E-state index is 0.444. The highest BCUT2D eigenvalue weighted by atomic mass is 14.8. The summed E-state index contributed by atoms with van der Waals surface area (Å²) in [6, 6.07) is 0. The van der Waals surface area contributed by atoms with Crippen LogP contribution in [0.25, 0.3) is 0 Å². The van der Waals surface area contributed by atoms with Crippen LogP contribution >= 0.6 is 0 Å². The summed E-state index contributed by atoms with van der Waals surface area (Å²) >= 11 is 0. The number of hydrogen-bond donors (Lipinski definition) is 1. The molecule has 2 heteroatoms. The van der Waals surface area contributed by atoms with Crippen molar-refractivity contribution in [2.75, 3.05) is 7.05 Å². The highest BCUT2D eigenvalue weighted by molar-refractivity contribution is 5.86. The standard InChI is InChI=1S/C16H28N2/c1-12(2)18-11-10-13(3)8-9-14(4)15(5)16(6)17-7/h9-11,13,15,18H,1,8H2,2-7H3/b11-10+,14-9-,17-16?. The molecule has 0 aliphatic heterocycles. The van der Waals surface area contributed by atoms with Crippen LogP contribution < -0.4 is 5.32 Å². The number of nitrogens with zero attached hydrogens (tertiary/aromatic N) is 1. The fourth-order valence-corrected chi connectivity index (χ4v) is 1.50. The molecule has 0 aliphatic carbocycles. The fraction of sp³-hybridized carbons (Fsp3) is 0.562. The lowest BCUT2D eigenvalue weighted by Crippen LogP contribution is -2.08. The van der Waals surface area contributed by atoms with Gasteiger partial charge in [-0.1, -0.05) is 38.2 Å². The quantitative estimate of drug-likeness (QED) is 0.526. The van der Waals surface area contributed by atoms with Gasteiger partial charge in [-0.3, -0.25) is 4.99 Å². The molecule has 0 saturated carbocycles. The molecule has 1 N–H and O–H groups in total. The van der Waals surface area contributed by atoms with Gasteiger partial charge in [-0.2, -0.15) is 0 Å². The predicted molar refractivity (Wildman–Crippen MR) is 82.8 cm³/mol. The minimum absolute atomic E-state index is 0.444. The molecule has 2 atom stereocenters. The normalized spacial score (nSPS) is 16.8. The van der Waals surface area contributed by atoms with Crippen LogP contribution in [0.3, 0.4) is 0 Å². The van der Waals surface area contributed by atoms with E-state index in [2.05, 4.69) is 56.7 Å². The Morgan fingerprint density at radius 2 is 1.89 bits per heavy atom. The lowest BCUT2D eigenvalue weighted by atomic mass is 9.95. The maximum absolute atomic E-state index is 4.25. The maximum atomic E-state index is 4.25. The number of hydrogen-bond acceptors (Lipinski definition) is 2. The van der Waals surface area contributed by atoms with Crippen LogP contribution in [0.5, 0.6) is 0 Å². The zero-order valence-electron chi connectivity index (χ0n) is 12.7. The van der Waals surface area contributed by atoms with Crippen molar-refractivity contribution in [3.8, 4) is 0 Å². The van der Waals surface area contributed by atoms with Gasteiger partial charge in [0.2, 0.25) is 0 Å². The molecule has 0 heterocycles. The summed E-state index contributed by atoms with van der Waals surface area (Å²) < 4.78 is 0. The molecule has 0 fully saturated rings. The topological polar surface area (TPSA) is 24.4 Å². The molecule has 0 aromatic rings. The average molecular weight is 248 g/mol. The Morgan fingerprint density at radius 3 is 2.39 bits per heavy atom. The van der Waals surface area contributed by atoms with Gasteiger partial charge in [-0.05, 0) is 39.3 Å². The van der Waals surface area contributed by atoms with Crippen molar-refractivity contribution in [3.63, 3.8) is 0 Å². The third kappa shape index (κ3) is 7.10. The number of rotatable bonds is 7. The van der Waals surface area contributed by atoms with E-state index in [9.17, 15) is 0 Å². The Kier molecular flexibility index (Phi) is 8.10. The highest BCUT2D eigenvalue weighted by Crippen LogP contribution is 2.15. The van der Waals surface area contributed by atoms with E-state index in [1.54, 1.807) is 0 Å². The van der Waals surface area contributed by atoms with E-state index >= 15 is 0 Å². The zero-order valence-corrected chi connectivity index (χ0v) is 12.7. The summed E-state index contributed by atoms with van der Waals surface area (Å²) in [4.78, 5) is 4.25. The second-order valence-electron chi connectivity index (χ2n) is 5.03. The van der Waals surface area contributed by atoms with Crippen molar-refractivity contribution in [2.24, 2.45) is 16.8 Å². The van der Waals surface area contributed by atoms with E-state index in [0.717, 1.165) is 12.1 Å². The van der Waals surface area contributed by atoms with Crippen LogP contribution in [-0.4, -0.2) is 12.8 Å². The lowest BCUT2D eigenvalue weighted by Gasteiger charge is -2.12. The highest BCUT2D eigenvalue weighted by Gasteiger charge is 2.07. The van der Waals surface area contributed by atoms with E-state index in [4.69, 9.17) is 0 Å². The predicted octanol–water partition coefficient (Wildman–Crippen LogP) is 4.32. The van der Waals surface area contributed by atoms with Crippen molar-refractivity contribution in [1.82, 2.24) is 5.32 Å². The first-order chi connectivity index (χ1) is 8.38. The van der Waals surface area contributed by atoms with Gasteiger partial charge < -0.3 is 5.32 Å². The smallest absolute Gasteiger partial charge is 0.0276 e. The van der Waals surface area contributed by atoms with Crippen molar-refractivity contribution < 1.29 is 0 Å². The van der Waals surface area contributed by atoms with Crippen molar-refractivity contribution in [1.29, 1.82) is 0 Å². The van der Waals surface area contributed by atoms with Crippen molar-refractivity contribution in [3.05, 3.63) is 36.2 Å². The molecular formula is C16H28N2. The zero-order chi connectivity index (χ0) is 14.1. The molecule has 2 nitrogen and oxygen atoms in total. The number of aliphatic imine (C=N–C) groups is 1. The molecular weight excluding hydrogens is 220 g/mol. The molecule has 18 heavy (non-hydrogen) atoms. The van der Waals surface area contributed by atoms with Crippen LogP contribution in [-0.2, 0) is 0 Å². The van der Waals surface area contributed by atoms with E-state index in [-0.39, 0.29) is 0 Å². The molecule has 0 spiro atoms. The monoisotopic (exact) mass is 248 g/mol. The van der Waals surface area contributed by atoms with E-state index in [1.807, 2.05) is 20.2 Å². The third-order valence-corrected chi connectivity index (χ3v) is 3.23. The molecule has 0 rings (SSSR count). The maximum Gasteiger partial charge on any atom is 0.0276 e. The van der Waals surface area contributed by atoms with Gasteiger partial charge in [0, 0.05) is 24.4 Å². The van der Waals surface area contributed by atoms with Crippen molar-refractivity contribution >= 4 is 5.71 Å². The molecule has 0 radical (unpaired) electrons. The molecule has 0 aliphatic rings. The summed E-state index contributed by atoms with van der Waals surface area (Å²) in [5, 5.41) is 3.10. The van der Waals surface area contributed by atoms with E-state index in [1.165, 1.54) is 11.3 Å². The van der Waals surface area contributed by atoms with Gasteiger partial charge >= 0.3 is 0 Å². The van der Waals surface area contributed by atoms with Gasteiger partial charge in [-0.25, -0.2) is 0 Å². The second-order valence-corrected chi connectivity index (χ2v) is 5.03. The largest absolute Gasteiger partial charge is 0.366 e. The molecule has 0 aromatic carbocycles. The Hall–Kier alpha value is -1.31. The summed E-state index contributed by atoms with van der Waals surface area (Å²) in [5.74, 6) is 0.970. The summed E-state index contributed by atoms with van der Waals surface area (Å²) in [5.41, 5.74) is 3.55. The molecule has 0 aromatic heterocycles. The first-order valence-corrected chi connectivity index (χ1v) is 6.57. The first kappa shape index (κ1) is 16.7. The summed E-state index contributed by atoms with van der Waals surface area (Å²) in [7, 11) is 1.85. The van der Waals surface area contributed by atoms with Gasteiger partial charge in [0.25, 0.3) is 0 Å². The van der Waals surface area contributed by atoms with Crippen LogP contribution in [0, 0.1) is 11.8 Å². The van der Waals surface area contributed by atoms with Crippen LogP contribution in [0.1, 0.15) is 41.0 Å². The Balaban J connectivity index is 4.28. The Labute approximate surface area is 113 Å². The van der Waals surface area contributed by atoms with Crippen LogP contribution in [0.2, 0.25) is 0 Å². The van der Waals surface area contributed by atoms with Gasteiger partial charge in [-0.15, -0.1) is 0 Å². The lowest BCUT2D eigenvalue weighted by molar-refractivity contribution is 0.727. The Morgan fingerprint density at radius 1 is 1.28 bits per heavy atom. The first-order valence-electron chi connectivity index (χ1n) is 6.57. The SMILES string of the molecule is C=C(C)N/C=C/C(C)C/C=C(/C)C(C)C(C)=NC. The van der Waals surface area contributed by atoms with Crippen LogP contribution in [0.4, 0.5) is 0 Å². The fourth-order valence-electron chi connectivity index (χ4n) is 1.50. The number of nitrogens with one attached hydrogen (secondary N) is 1. The third-order valence-electron chi connectivity index (χ3n) is 3.23. The van der Waals surface area contributed by atoms with Crippen LogP contribution in [0.15, 0.2) is 41.2 Å². The second kappa shape index (κ2) is 8.73. The van der Waals surface area contributed by atoms with Gasteiger partial charge in [0.05, 0.1) is 0 Å². The average Bonchev–Trinajstić information content (AvgIpc) is 2.33. The molecule has 0 bridgehead atoms. The number of allylic oxidation sites excluding steroid dienone is 4. The van der Waals surface area contributed by atoms with Gasteiger partial charge in [0.15, 0.2) is 0 Å². The molecule has 2 unspecified atom stereocenters. The molecule has 0 amide bonds. The minimum Gasteiger partial charge on any atom is -0.366 e. The summed E-state index contributed by atoms with van der Waals surface area (Å²) in [6.45, 7) is 14.4. The summed E-state index contributed by atoms with van der Waals surface area (Å²) in [6.07, 6.45) is 7.51. The van der Waals surface area contributed by atoms with E-state index < -0.39 is 0 Å². The molecule has 102 valence electrons. The molecule has 0 saturated heterocycles. The van der Waals surface area contributed by atoms with Crippen molar-refractivity contribution in [2.45, 2.75) is 41.0 Å². The van der Waals surface area contributed by atoms with Gasteiger partial charge in [0.1, 0.15) is 0 Å².